The number of nitrogens with zero attached hydrogens (tertiary/aromatic N) is 4. The highest BCUT2D eigenvalue weighted by molar-refractivity contribution is 5.97. The molecule has 0 bridgehead atoms. The molecule has 0 radical (unpaired) electrons. The molecule has 1 aliphatic heterocycles. The van der Waals surface area contributed by atoms with E-state index in [9.17, 15) is 14.7 Å². The summed E-state index contributed by atoms with van der Waals surface area (Å²) in [6.07, 6.45) is 5.02. The molecule has 0 saturated heterocycles. The van der Waals surface area contributed by atoms with Gasteiger partial charge in [-0.3, -0.25) is 4.79 Å². The van der Waals surface area contributed by atoms with Gasteiger partial charge in [-0.1, -0.05) is 54.6 Å². The number of aryl methyl sites for hydroxylation is 2. The second-order valence-electron chi connectivity index (χ2n) is 10.00. The van der Waals surface area contributed by atoms with E-state index in [1.807, 2.05) is 49.4 Å². The van der Waals surface area contributed by atoms with Gasteiger partial charge in [0.15, 0.2) is 5.76 Å². The maximum absolute atomic E-state index is 13.6. The summed E-state index contributed by atoms with van der Waals surface area (Å²) in [6, 6.07) is 10.8. The quantitative estimate of drug-likeness (QED) is 0.466. The fourth-order valence-corrected chi connectivity index (χ4v) is 4.40. The Morgan fingerprint density at radius 1 is 1.26 bits per heavy atom. The fraction of sp³-hybridized carbons (Fsp3) is 0.379. The number of carbonyl (C=O) groups excluding carboxylic acids is 2. The first-order valence-electron chi connectivity index (χ1n) is 12.9. The molecule has 10 nitrogen and oxygen atoms in total. The Hall–Kier alpha value is -4.18. The fourth-order valence-electron chi connectivity index (χ4n) is 4.40. The maximum atomic E-state index is 13.6. The SMILES string of the molecule is Cc1noc(C)c1NC(=O)N(C)C[C@H]1Oc2ncc(/C=C/c3ccccc3)cc2C(=O)N([C@H](C)CO)C[C@H]1C. The van der Waals surface area contributed by atoms with Crippen molar-refractivity contribution < 1.29 is 24.0 Å². The number of hydrogen-bond acceptors (Lipinski definition) is 7. The largest absolute Gasteiger partial charge is 0.472 e. The number of urea groups is 1. The molecular weight excluding hydrogens is 498 g/mol. The van der Waals surface area contributed by atoms with Crippen LogP contribution in [0.15, 0.2) is 47.1 Å². The summed E-state index contributed by atoms with van der Waals surface area (Å²) >= 11 is 0. The van der Waals surface area contributed by atoms with Crippen LogP contribution < -0.4 is 10.1 Å². The lowest BCUT2D eigenvalue weighted by atomic mass is 10.00. The second kappa shape index (κ2) is 12.1. The van der Waals surface area contributed by atoms with Crippen LogP contribution in [-0.4, -0.2) is 75.9 Å². The molecule has 3 amide bonds. The van der Waals surface area contributed by atoms with Crippen LogP contribution in [0.5, 0.6) is 5.88 Å². The van der Waals surface area contributed by atoms with E-state index in [1.54, 1.807) is 45.0 Å². The summed E-state index contributed by atoms with van der Waals surface area (Å²) in [5.41, 5.74) is 3.20. The van der Waals surface area contributed by atoms with E-state index in [0.29, 0.717) is 29.2 Å². The molecule has 2 N–H and O–H groups in total. The van der Waals surface area contributed by atoms with Gasteiger partial charge in [0.25, 0.3) is 5.91 Å². The summed E-state index contributed by atoms with van der Waals surface area (Å²) in [4.78, 5) is 34.3. The number of pyridine rings is 1. The van der Waals surface area contributed by atoms with Crippen LogP contribution in [0.3, 0.4) is 0 Å². The van der Waals surface area contributed by atoms with Gasteiger partial charge in [-0.2, -0.15) is 0 Å². The Morgan fingerprint density at radius 3 is 2.64 bits per heavy atom. The molecular formula is C29H35N5O5. The van der Waals surface area contributed by atoms with Gasteiger partial charge in [0.1, 0.15) is 23.0 Å². The summed E-state index contributed by atoms with van der Waals surface area (Å²) in [6.45, 7) is 7.65. The van der Waals surface area contributed by atoms with E-state index in [2.05, 4.69) is 15.5 Å². The normalized spacial score (nSPS) is 18.2. The third-order valence-electron chi connectivity index (χ3n) is 6.88. The van der Waals surface area contributed by atoms with Crippen LogP contribution in [0.2, 0.25) is 0 Å². The van der Waals surface area contributed by atoms with Crippen molar-refractivity contribution in [2.45, 2.75) is 39.8 Å². The predicted molar refractivity (Wildman–Crippen MR) is 148 cm³/mol. The molecule has 3 aromatic rings. The number of amides is 3. The van der Waals surface area contributed by atoms with Gasteiger partial charge in [-0.15, -0.1) is 0 Å². The van der Waals surface area contributed by atoms with Crippen LogP contribution in [0, 0.1) is 19.8 Å². The monoisotopic (exact) mass is 533 g/mol. The summed E-state index contributed by atoms with van der Waals surface area (Å²) < 4.78 is 11.4. The number of carbonyl (C=O) groups is 2. The van der Waals surface area contributed by atoms with Gasteiger partial charge < -0.3 is 29.5 Å². The molecule has 1 aliphatic rings. The van der Waals surface area contributed by atoms with Gasteiger partial charge in [-0.25, -0.2) is 9.78 Å². The van der Waals surface area contributed by atoms with E-state index < -0.39 is 12.1 Å². The van der Waals surface area contributed by atoms with E-state index >= 15 is 0 Å². The number of benzene rings is 1. The molecule has 39 heavy (non-hydrogen) atoms. The first-order valence-corrected chi connectivity index (χ1v) is 12.9. The molecule has 0 spiro atoms. The molecule has 0 aliphatic carbocycles. The number of aliphatic hydroxyl groups excluding tert-OH is 1. The third kappa shape index (κ3) is 6.46. The standard InChI is InChI=1S/C29H35N5O5/c1-18-15-34(19(2)17-35)28(36)24-13-23(12-11-22-9-7-6-8-10-22)14-30-27(24)38-25(18)16-33(5)29(37)31-26-20(3)32-39-21(26)4/h6-14,18-19,25,35H,15-17H2,1-5H3,(H,31,37)/b12-11+/t18-,19-,25-/m1/s1. The van der Waals surface area contributed by atoms with Crippen LogP contribution >= 0.6 is 0 Å². The van der Waals surface area contributed by atoms with E-state index in [-0.39, 0.29) is 36.9 Å². The smallest absolute Gasteiger partial charge is 0.321 e. The maximum Gasteiger partial charge on any atom is 0.321 e. The van der Waals surface area contributed by atoms with E-state index in [0.717, 1.165) is 11.1 Å². The Balaban J connectivity index is 1.60. The highest BCUT2D eigenvalue weighted by Crippen LogP contribution is 2.28. The Morgan fingerprint density at radius 2 is 1.97 bits per heavy atom. The van der Waals surface area contributed by atoms with Crippen molar-refractivity contribution in [2.75, 3.05) is 32.1 Å². The lowest BCUT2D eigenvalue weighted by molar-refractivity contribution is 0.0356. The Kier molecular flexibility index (Phi) is 8.65. The number of fused-ring (bicyclic) bond motifs is 1. The van der Waals surface area contributed by atoms with Crippen LogP contribution in [-0.2, 0) is 0 Å². The van der Waals surface area contributed by atoms with Crippen molar-refractivity contribution in [3.05, 3.63) is 70.7 Å². The summed E-state index contributed by atoms with van der Waals surface area (Å²) in [7, 11) is 1.67. The highest BCUT2D eigenvalue weighted by Gasteiger charge is 2.34. The minimum Gasteiger partial charge on any atom is -0.472 e. The van der Waals surface area contributed by atoms with Crippen molar-refractivity contribution in [1.82, 2.24) is 19.9 Å². The van der Waals surface area contributed by atoms with Gasteiger partial charge in [0.05, 0.1) is 19.2 Å². The first-order chi connectivity index (χ1) is 18.7. The minimum atomic E-state index is -0.469. The van der Waals surface area contributed by atoms with Crippen molar-refractivity contribution in [2.24, 2.45) is 5.92 Å². The molecule has 0 unspecified atom stereocenters. The molecule has 10 heteroatoms. The molecule has 3 atom stereocenters. The molecule has 0 fully saturated rings. The zero-order chi connectivity index (χ0) is 28.1. The minimum absolute atomic E-state index is 0.162. The topological polar surface area (TPSA) is 121 Å². The van der Waals surface area contributed by atoms with Gasteiger partial charge >= 0.3 is 6.03 Å². The number of likely N-dealkylation sites (N-methyl/N-ethyl adjacent to an activating group) is 1. The van der Waals surface area contributed by atoms with Crippen molar-refractivity contribution in [3.8, 4) is 5.88 Å². The molecule has 0 saturated carbocycles. The lowest BCUT2D eigenvalue weighted by Gasteiger charge is -2.37. The molecule has 1 aromatic carbocycles. The number of rotatable bonds is 7. The van der Waals surface area contributed by atoms with Crippen molar-refractivity contribution >= 4 is 29.8 Å². The number of nitrogens with one attached hydrogen (secondary N) is 1. The number of anilines is 1. The summed E-state index contributed by atoms with van der Waals surface area (Å²) in [5.74, 6) is 0.295. The second-order valence-corrected chi connectivity index (χ2v) is 10.00. The zero-order valence-electron chi connectivity index (χ0n) is 22.9. The third-order valence-corrected chi connectivity index (χ3v) is 6.88. The molecule has 2 aromatic heterocycles. The van der Waals surface area contributed by atoms with Crippen molar-refractivity contribution in [3.63, 3.8) is 0 Å². The number of ether oxygens (including phenoxy) is 1. The van der Waals surface area contributed by atoms with E-state index in [1.165, 1.54) is 4.90 Å². The number of aliphatic hydroxyl groups is 1. The number of hydrogen-bond donors (Lipinski definition) is 2. The Labute approximate surface area is 228 Å². The molecule has 4 rings (SSSR count). The highest BCUT2D eigenvalue weighted by atomic mass is 16.5. The van der Waals surface area contributed by atoms with Crippen LogP contribution in [0.4, 0.5) is 10.5 Å². The van der Waals surface area contributed by atoms with Gasteiger partial charge in [-0.05, 0) is 38.0 Å². The van der Waals surface area contributed by atoms with Gasteiger partial charge in [0.2, 0.25) is 5.88 Å². The first kappa shape index (κ1) is 27.8. The van der Waals surface area contributed by atoms with Crippen LogP contribution in [0.1, 0.15) is 46.8 Å². The van der Waals surface area contributed by atoms with Crippen LogP contribution in [0.25, 0.3) is 12.2 Å². The van der Waals surface area contributed by atoms with Gasteiger partial charge in [0, 0.05) is 25.7 Å². The Bertz CT molecular complexity index is 1320. The molecule has 206 valence electrons. The number of aromatic nitrogens is 2. The average molecular weight is 534 g/mol. The zero-order valence-corrected chi connectivity index (χ0v) is 22.9. The summed E-state index contributed by atoms with van der Waals surface area (Å²) in [5, 5.41) is 16.6. The van der Waals surface area contributed by atoms with Crippen molar-refractivity contribution in [1.29, 1.82) is 0 Å². The average Bonchev–Trinajstić information content (AvgIpc) is 3.25. The van der Waals surface area contributed by atoms with E-state index in [4.69, 9.17) is 9.26 Å². The molecule has 3 heterocycles. The lowest BCUT2D eigenvalue weighted by Crippen LogP contribution is -2.50. The predicted octanol–water partition coefficient (Wildman–Crippen LogP) is 4.24.